The smallest absolute Gasteiger partial charge is 0.0961 e. The van der Waals surface area contributed by atoms with E-state index in [0.29, 0.717) is 0 Å². The molecule has 15 heavy (non-hydrogen) atoms. The Labute approximate surface area is 88.6 Å². The highest BCUT2D eigenvalue weighted by Crippen LogP contribution is 2.17. The Morgan fingerprint density at radius 1 is 1.27 bits per heavy atom. The third kappa shape index (κ3) is 1.48. The van der Waals surface area contributed by atoms with Crippen LogP contribution in [0.5, 0.6) is 0 Å². The van der Waals surface area contributed by atoms with E-state index in [2.05, 4.69) is 39.9 Å². The molecule has 0 spiro atoms. The van der Waals surface area contributed by atoms with Crippen LogP contribution < -0.4 is 0 Å². The van der Waals surface area contributed by atoms with Gasteiger partial charge in [-0.2, -0.15) is 0 Å². The Morgan fingerprint density at radius 2 is 2.20 bits per heavy atom. The molecule has 2 nitrogen and oxygen atoms in total. The molecular weight excluding hydrogens is 184 g/mol. The third-order valence-electron chi connectivity index (χ3n) is 2.75. The van der Waals surface area contributed by atoms with Crippen LogP contribution in [0.25, 0.3) is 11.0 Å². The van der Waals surface area contributed by atoms with Crippen LogP contribution in [0.15, 0.2) is 54.4 Å². The minimum Gasteiger partial charge on any atom is -0.326 e. The Morgan fingerprint density at radius 3 is 3.07 bits per heavy atom. The third-order valence-corrected chi connectivity index (χ3v) is 2.75. The molecule has 2 heteroatoms. The van der Waals surface area contributed by atoms with E-state index in [9.17, 15) is 0 Å². The van der Waals surface area contributed by atoms with Crippen molar-refractivity contribution in [3.63, 3.8) is 0 Å². The molecule has 0 N–H and O–H groups in total. The second-order valence-electron chi connectivity index (χ2n) is 3.82. The van der Waals surface area contributed by atoms with Crippen molar-refractivity contribution < 1.29 is 0 Å². The molecule has 3 rings (SSSR count). The number of nitrogens with zero attached hydrogens (tertiary/aromatic N) is 2. The average molecular weight is 196 g/mol. The lowest BCUT2D eigenvalue weighted by Crippen LogP contribution is -1.97. The van der Waals surface area contributed by atoms with Crippen LogP contribution in [-0.2, 0) is 6.54 Å². The van der Waals surface area contributed by atoms with Crippen molar-refractivity contribution in [1.29, 1.82) is 0 Å². The number of fused-ring (bicyclic) bond motifs is 1. The minimum atomic E-state index is 0.952. The topological polar surface area (TPSA) is 17.8 Å². The summed E-state index contributed by atoms with van der Waals surface area (Å²) >= 11 is 0. The molecule has 0 aliphatic heterocycles. The van der Waals surface area contributed by atoms with Gasteiger partial charge in [0.15, 0.2) is 0 Å². The number of allylic oxidation sites excluding steroid dienone is 4. The van der Waals surface area contributed by atoms with E-state index in [1.807, 2.05) is 18.5 Å². The fourth-order valence-electron chi connectivity index (χ4n) is 1.96. The number of rotatable bonds is 2. The van der Waals surface area contributed by atoms with Crippen LogP contribution in [0.1, 0.15) is 6.42 Å². The Kier molecular flexibility index (Phi) is 1.91. The fourth-order valence-corrected chi connectivity index (χ4v) is 1.96. The minimum absolute atomic E-state index is 0.952. The van der Waals surface area contributed by atoms with Crippen molar-refractivity contribution in [2.45, 2.75) is 13.0 Å². The standard InChI is InChI=1S/C13H12N2/c1-2-6-11(5-1)9-15-10-14-12-7-3-4-8-13(12)15/h1-5,7-8,10H,6,9H2. The zero-order valence-corrected chi connectivity index (χ0v) is 8.43. The van der Waals surface area contributed by atoms with E-state index in [4.69, 9.17) is 0 Å². The fraction of sp³-hybridized carbons (Fsp3) is 0.154. The molecule has 0 fully saturated rings. The van der Waals surface area contributed by atoms with Crippen LogP contribution >= 0.6 is 0 Å². The molecule has 0 bridgehead atoms. The van der Waals surface area contributed by atoms with Crippen LogP contribution in [0.4, 0.5) is 0 Å². The van der Waals surface area contributed by atoms with E-state index in [-0.39, 0.29) is 0 Å². The Bertz CT molecular complexity index is 546. The first-order valence-corrected chi connectivity index (χ1v) is 5.18. The number of aromatic nitrogens is 2. The quantitative estimate of drug-likeness (QED) is 0.722. The molecule has 1 aliphatic carbocycles. The maximum absolute atomic E-state index is 4.38. The summed E-state index contributed by atoms with van der Waals surface area (Å²) in [5.41, 5.74) is 3.73. The Hall–Kier alpha value is -1.83. The van der Waals surface area contributed by atoms with Crippen molar-refractivity contribution in [2.24, 2.45) is 0 Å². The lowest BCUT2D eigenvalue weighted by molar-refractivity contribution is 0.796. The second kappa shape index (κ2) is 3.39. The van der Waals surface area contributed by atoms with E-state index in [1.54, 1.807) is 0 Å². The van der Waals surface area contributed by atoms with E-state index in [1.165, 1.54) is 11.1 Å². The van der Waals surface area contributed by atoms with Crippen LogP contribution in [-0.4, -0.2) is 9.55 Å². The summed E-state index contributed by atoms with van der Waals surface area (Å²) in [7, 11) is 0. The van der Waals surface area contributed by atoms with E-state index < -0.39 is 0 Å². The Balaban J connectivity index is 1.97. The zero-order valence-electron chi connectivity index (χ0n) is 8.43. The van der Waals surface area contributed by atoms with E-state index >= 15 is 0 Å². The number of imidazole rings is 1. The second-order valence-corrected chi connectivity index (χ2v) is 3.82. The van der Waals surface area contributed by atoms with Crippen molar-refractivity contribution in [3.05, 3.63) is 54.4 Å². The lowest BCUT2D eigenvalue weighted by Gasteiger charge is -2.04. The normalized spacial score (nSPS) is 14.8. The van der Waals surface area contributed by atoms with Crippen molar-refractivity contribution in [2.75, 3.05) is 0 Å². The number of benzene rings is 1. The molecule has 1 aliphatic rings. The predicted octanol–water partition coefficient (Wildman–Crippen LogP) is 2.92. The maximum Gasteiger partial charge on any atom is 0.0961 e. The molecule has 0 unspecified atom stereocenters. The van der Waals surface area contributed by atoms with Gasteiger partial charge in [0.25, 0.3) is 0 Å². The van der Waals surface area contributed by atoms with Gasteiger partial charge in [-0.05, 0) is 24.1 Å². The summed E-state index contributed by atoms with van der Waals surface area (Å²) in [6.07, 6.45) is 9.49. The van der Waals surface area contributed by atoms with Crippen LogP contribution in [0.2, 0.25) is 0 Å². The molecule has 1 aromatic heterocycles. The number of hydrogen-bond acceptors (Lipinski definition) is 1. The van der Waals surface area contributed by atoms with Gasteiger partial charge in [0.2, 0.25) is 0 Å². The van der Waals surface area contributed by atoms with Gasteiger partial charge in [-0.15, -0.1) is 0 Å². The monoisotopic (exact) mass is 196 g/mol. The molecule has 1 aromatic carbocycles. The molecule has 0 atom stereocenters. The molecular formula is C13H12N2. The summed E-state index contributed by atoms with van der Waals surface area (Å²) in [6.45, 7) is 0.952. The largest absolute Gasteiger partial charge is 0.326 e. The maximum atomic E-state index is 4.38. The van der Waals surface area contributed by atoms with Gasteiger partial charge in [0.05, 0.1) is 17.4 Å². The molecule has 1 heterocycles. The van der Waals surface area contributed by atoms with Gasteiger partial charge in [-0.25, -0.2) is 4.98 Å². The van der Waals surface area contributed by atoms with Gasteiger partial charge in [-0.1, -0.05) is 30.4 Å². The molecule has 0 radical (unpaired) electrons. The summed E-state index contributed by atoms with van der Waals surface area (Å²) in [5.74, 6) is 0. The molecule has 0 amide bonds. The molecule has 2 aromatic rings. The first-order chi connectivity index (χ1) is 7.43. The van der Waals surface area contributed by atoms with Gasteiger partial charge < -0.3 is 4.57 Å². The highest BCUT2D eigenvalue weighted by Gasteiger charge is 2.04. The summed E-state index contributed by atoms with van der Waals surface area (Å²) < 4.78 is 2.20. The van der Waals surface area contributed by atoms with Crippen molar-refractivity contribution >= 4 is 11.0 Å². The first kappa shape index (κ1) is 8.48. The van der Waals surface area contributed by atoms with Crippen LogP contribution in [0.3, 0.4) is 0 Å². The molecule has 74 valence electrons. The van der Waals surface area contributed by atoms with Gasteiger partial charge in [-0.3, -0.25) is 0 Å². The van der Waals surface area contributed by atoms with Crippen LogP contribution in [0, 0.1) is 0 Å². The SMILES string of the molecule is C1=CCC(Cn2cnc3ccccc32)=C1. The summed E-state index contributed by atoms with van der Waals surface area (Å²) in [4.78, 5) is 4.38. The molecule has 0 saturated heterocycles. The van der Waals surface area contributed by atoms with Gasteiger partial charge in [0.1, 0.15) is 0 Å². The van der Waals surface area contributed by atoms with Crippen molar-refractivity contribution in [1.82, 2.24) is 9.55 Å². The highest BCUT2D eigenvalue weighted by atomic mass is 15.0. The summed E-state index contributed by atoms with van der Waals surface area (Å²) in [6, 6.07) is 8.25. The average Bonchev–Trinajstić information content (AvgIpc) is 2.89. The van der Waals surface area contributed by atoms with Gasteiger partial charge in [0, 0.05) is 6.54 Å². The number of para-hydroxylation sites is 2. The molecule has 0 saturated carbocycles. The number of hydrogen-bond donors (Lipinski definition) is 0. The van der Waals surface area contributed by atoms with Crippen molar-refractivity contribution in [3.8, 4) is 0 Å². The van der Waals surface area contributed by atoms with Gasteiger partial charge >= 0.3 is 0 Å². The first-order valence-electron chi connectivity index (χ1n) is 5.18. The highest BCUT2D eigenvalue weighted by molar-refractivity contribution is 5.75. The lowest BCUT2D eigenvalue weighted by atomic mass is 10.2. The summed E-state index contributed by atoms with van der Waals surface area (Å²) in [5, 5.41) is 0. The van der Waals surface area contributed by atoms with E-state index in [0.717, 1.165) is 18.5 Å². The zero-order chi connectivity index (χ0) is 10.1. The predicted molar refractivity (Wildman–Crippen MR) is 61.6 cm³/mol.